The Morgan fingerprint density at radius 2 is 1.95 bits per heavy atom. The van der Waals surface area contributed by atoms with Crippen molar-refractivity contribution in [1.82, 2.24) is 5.32 Å². The number of hydrogen-bond acceptors (Lipinski definition) is 4. The number of aliphatic hydroxyl groups excluding tert-OH is 1. The standard InChI is InChI=1S/C15H25NO3/c1-4-16-15(2,12-17)10-7-11-19-14-9-6-5-8-13(14)18-3/h5-6,8-9,16-17H,4,7,10-12H2,1-3H3. The first-order valence-electron chi connectivity index (χ1n) is 6.77. The molecule has 0 aliphatic carbocycles. The molecular weight excluding hydrogens is 242 g/mol. The summed E-state index contributed by atoms with van der Waals surface area (Å²) in [5.41, 5.74) is -0.223. The fourth-order valence-electron chi connectivity index (χ4n) is 2.03. The van der Waals surface area contributed by atoms with Crippen molar-refractivity contribution in [3.8, 4) is 11.5 Å². The summed E-state index contributed by atoms with van der Waals surface area (Å²) >= 11 is 0. The van der Waals surface area contributed by atoms with E-state index in [1.54, 1.807) is 7.11 Å². The van der Waals surface area contributed by atoms with Gasteiger partial charge in [-0.2, -0.15) is 0 Å². The van der Waals surface area contributed by atoms with E-state index in [0.29, 0.717) is 6.61 Å². The minimum Gasteiger partial charge on any atom is -0.493 e. The second kappa shape index (κ2) is 8.02. The Balaban J connectivity index is 2.38. The Hall–Kier alpha value is -1.26. The maximum Gasteiger partial charge on any atom is 0.161 e. The molecule has 0 aliphatic heterocycles. The molecule has 1 aromatic carbocycles. The quantitative estimate of drug-likeness (QED) is 0.674. The zero-order valence-corrected chi connectivity index (χ0v) is 12.1. The number of benzene rings is 1. The van der Waals surface area contributed by atoms with Crippen molar-refractivity contribution in [3.05, 3.63) is 24.3 Å². The van der Waals surface area contributed by atoms with E-state index >= 15 is 0 Å². The first-order chi connectivity index (χ1) is 9.15. The normalized spacial score (nSPS) is 13.9. The number of methoxy groups -OCH3 is 1. The van der Waals surface area contributed by atoms with Crippen LogP contribution in [0.25, 0.3) is 0 Å². The molecule has 19 heavy (non-hydrogen) atoms. The monoisotopic (exact) mass is 267 g/mol. The molecule has 1 atom stereocenters. The predicted octanol–water partition coefficient (Wildman–Crippen LogP) is 2.21. The van der Waals surface area contributed by atoms with Crippen LogP contribution in [0.15, 0.2) is 24.3 Å². The van der Waals surface area contributed by atoms with Crippen molar-refractivity contribution < 1.29 is 14.6 Å². The molecule has 1 rings (SSSR count). The number of rotatable bonds is 9. The number of likely N-dealkylation sites (N-methyl/N-ethyl adjacent to an activating group) is 1. The van der Waals surface area contributed by atoms with Crippen LogP contribution >= 0.6 is 0 Å². The van der Waals surface area contributed by atoms with Crippen LogP contribution < -0.4 is 14.8 Å². The third-order valence-corrected chi connectivity index (χ3v) is 3.15. The lowest BCUT2D eigenvalue weighted by molar-refractivity contribution is 0.157. The van der Waals surface area contributed by atoms with Gasteiger partial charge in [-0.15, -0.1) is 0 Å². The minimum atomic E-state index is -0.223. The molecule has 1 aromatic rings. The van der Waals surface area contributed by atoms with E-state index in [4.69, 9.17) is 9.47 Å². The van der Waals surface area contributed by atoms with E-state index in [0.717, 1.165) is 30.9 Å². The van der Waals surface area contributed by atoms with Crippen LogP contribution in [0, 0.1) is 0 Å². The van der Waals surface area contributed by atoms with Gasteiger partial charge in [-0.25, -0.2) is 0 Å². The lowest BCUT2D eigenvalue weighted by Crippen LogP contribution is -2.45. The average molecular weight is 267 g/mol. The van der Waals surface area contributed by atoms with Gasteiger partial charge in [0.15, 0.2) is 11.5 Å². The van der Waals surface area contributed by atoms with Crippen LogP contribution in [0.3, 0.4) is 0 Å². The van der Waals surface area contributed by atoms with Gasteiger partial charge in [0.05, 0.1) is 20.3 Å². The topological polar surface area (TPSA) is 50.7 Å². The van der Waals surface area contributed by atoms with Crippen molar-refractivity contribution in [3.63, 3.8) is 0 Å². The van der Waals surface area contributed by atoms with Crippen molar-refractivity contribution in [2.45, 2.75) is 32.2 Å². The summed E-state index contributed by atoms with van der Waals surface area (Å²) in [7, 11) is 1.64. The minimum absolute atomic E-state index is 0.134. The molecule has 0 aromatic heterocycles. The molecular formula is C15H25NO3. The molecule has 4 heteroatoms. The van der Waals surface area contributed by atoms with E-state index < -0.39 is 0 Å². The summed E-state index contributed by atoms with van der Waals surface area (Å²) in [6.45, 7) is 5.67. The maximum atomic E-state index is 9.39. The summed E-state index contributed by atoms with van der Waals surface area (Å²) in [4.78, 5) is 0. The number of ether oxygens (including phenoxy) is 2. The molecule has 108 valence electrons. The fourth-order valence-corrected chi connectivity index (χ4v) is 2.03. The smallest absolute Gasteiger partial charge is 0.161 e. The van der Waals surface area contributed by atoms with Gasteiger partial charge in [-0.1, -0.05) is 19.1 Å². The van der Waals surface area contributed by atoms with Crippen LogP contribution in [0.1, 0.15) is 26.7 Å². The molecule has 2 N–H and O–H groups in total. The molecule has 0 spiro atoms. The largest absolute Gasteiger partial charge is 0.493 e. The number of hydrogen-bond donors (Lipinski definition) is 2. The van der Waals surface area contributed by atoms with E-state index in [-0.39, 0.29) is 12.1 Å². The van der Waals surface area contributed by atoms with Crippen LogP contribution in [0.2, 0.25) is 0 Å². The Labute approximate surface area is 115 Å². The summed E-state index contributed by atoms with van der Waals surface area (Å²) < 4.78 is 10.9. The Bertz CT molecular complexity index is 370. The molecule has 0 radical (unpaired) electrons. The van der Waals surface area contributed by atoms with Crippen molar-refractivity contribution in [1.29, 1.82) is 0 Å². The van der Waals surface area contributed by atoms with Crippen LogP contribution in [0.4, 0.5) is 0 Å². The zero-order valence-electron chi connectivity index (χ0n) is 12.1. The van der Waals surface area contributed by atoms with Crippen LogP contribution in [0.5, 0.6) is 11.5 Å². The van der Waals surface area contributed by atoms with Crippen molar-refractivity contribution in [2.24, 2.45) is 0 Å². The van der Waals surface area contributed by atoms with Crippen molar-refractivity contribution in [2.75, 3.05) is 26.9 Å². The highest BCUT2D eigenvalue weighted by Gasteiger charge is 2.21. The van der Waals surface area contributed by atoms with E-state index in [1.807, 2.05) is 38.1 Å². The van der Waals surface area contributed by atoms with Gasteiger partial charge in [-0.3, -0.25) is 0 Å². The van der Waals surface area contributed by atoms with Gasteiger partial charge in [0.2, 0.25) is 0 Å². The zero-order chi connectivity index (χ0) is 14.1. The molecule has 4 nitrogen and oxygen atoms in total. The lowest BCUT2D eigenvalue weighted by atomic mass is 9.97. The molecule has 1 unspecified atom stereocenters. The summed E-state index contributed by atoms with van der Waals surface area (Å²) in [6, 6.07) is 7.62. The van der Waals surface area contributed by atoms with Crippen molar-refractivity contribution >= 4 is 0 Å². The molecule has 0 bridgehead atoms. The van der Waals surface area contributed by atoms with E-state index in [1.165, 1.54) is 0 Å². The van der Waals surface area contributed by atoms with Crippen LogP contribution in [-0.2, 0) is 0 Å². The second-order valence-corrected chi connectivity index (χ2v) is 4.85. The van der Waals surface area contributed by atoms with Crippen LogP contribution in [-0.4, -0.2) is 37.5 Å². The maximum absolute atomic E-state index is 9.39. The first kappa shape index (κ1) is 15.8. The number of para-hydroxylation sites is 2. The second-order valence-electron chi connectivity index (χ2n) is 4.85. The molecule has 0 fully saturated rings. The third-order valence-electron chi connectivity index (χ3n) is 3.15. The van der Waals surface area contributed by atoms with Gasteiger partial charge in [0.1, 0.15) is 0 Å². The van der Waals surface area contributed by atoms with Gasteiger partial charge in [0.25, 0.3) is 0 Å². The molecule has 0 saturated carbocycles. The average Bonchev–Trinajstić information content (AvgIpc) is 2.44. The Morgan fingerprint density at radius 1 is 1.26 bits per heavy atom. The van der Waals surface area contributed by atoms with Gasteiger partial charge in [0, 0.05) is 5.54 Å². The summed E-state index contributed by atoms with van der Waals surface area (Å²) in [5.74, 6) is 1.51. The van der Waals surface area contributed by atoms with Gasteiger partial charge < -0.3 is 19.9 Å². The van der Waals surface area contributed by atoms with E-state index in [9.17, 15) is 5.11 Å². The molecule has 0 amide bonds. The number of aliphatic hydroxyl groups is 1. The summed E-state index contributed by atoms with van der Waals surface area (Å²) in [6.07, 6.45) is 1.74. The third kappa shape index (κ3) is 5.09. The first-order valence-corrected chi connectivity index (χ1v) is 6.77. The molecule has 0 aliphatic rings. The SMILES string of the molecule is CCNC(C)(CO)CCCOc1ccccc1OC. The molecule has 0 saturated heterocycles. The highest BCUT2D eigenvalue weighted by Crippen LogP contribution is 2.26. The number of nitrogens with one attached hydrogen (secondary N) is 1. The fraction of sp³-hybridized carbons (Fsp3) is 0.600. The Morgan fingerprint density at radius 3 is 2.53 bits per heavy atom. The Kier molecular flexibility index (Phi) is 6.67. The predicted molar refractivity (Wildman–Crippen MR) is 76.9 cm³/mol. The highest BCUT2D eigenvalue weighted by molar-refractivity contribution is 5.39. The highest BCUT2D eigenvalue weighted by atomic mass is 16.5. The molecule has 0 heterocycles. The van der Waals surface area contributed by atoms with E-state index in [2.05, 4.69) is 5.32 Å². The van der Waals surface area contributed by atoms with Gasteiger partial charge >= 0.3 is 0 Å². The lowest BCUT2D eigenvalue weighted by Gasteiger charge is -2.28. The summed E-state index contributed by atoms with van der Waals surface area (Å²) in [5, 5.41) is 12.7. The van der Waals surface area contributed by atoms with Gasteiger partial charge in [-0.05, 0) is 38.4 Å².